The minimum absolute atomic E-state index is 0.182. The van der Waals surface area contributed by atoms with Gasteiger partial charge in [-0.3, -0.25) is 4.79 Å². The zero-order valence-electron chi connectivity index (χ0n) is 13.8. The summed E-state index contributed by atoms with van der Waals surface area (Å²) in [5.74, 6) is -0.470. The van der Waals surface area contributed by atoms with Crippen LogP contribution in [0.2, 0.25) is 0 Å². The highest BCUT2D eigenvalue weighted by molar-refractivity contribution is 5.75. The first-order valence-electron chi connectivity index (χ1n) is 7.61. The lowest BCUT2D eigenvalue weighted by molar-refractivity contribution is -0.146. The van der Waals surface area contributed by atoms with Crippen molar-refractivity contribution in [3.8, 4) is 0 Å². The van der Waals surface area contributed by atoms with E-state index in [1.807, 2.05) is 6.92 Å². The number of carboxylic acid groups (broad SMARTS) is 1. The molecular weight excluding hydrogens is 270 g/mol. The Bertz CT molecular complexity index is 465. The standard InChI is InChI=1S/C16H27NO4/c1-14(2,3)21-13(20)17-16(6)8-11-9(15(11,4)5)7-10(16)12(18)19/h9-11H,7-8H2,1-6H3,(H,17,20)(H,18,19). The first-order valence-corrected chi connectivity index (χ1v) is 7.61. The molecule has 4 unspecified atom stereocenters. The van der Waals surface area contributed by atoms with E-state index in [1.54, 1.807) is 20.8 Å². The summed E-state index contributed by atoms with van der Waals surface area (Å²) in [6.07, 6.45) is 0.786. The lowest BCUT2D eigenvalue weighted by Crippen LogP contribution is -2.56. The highest BCUT2D eigenvalue weighted by Crippen LogP contribution is 2.67. The van der Waals surface area contributed by atoms with Crippen LogP contribution in [0.4, 0.5) is 4.79 Å². The number of rotatable bonds is 2. The average Bonchev–Trinajstić information content (AvgIpc) is 2.74. The maximum Gasteiger partial charge on any atom is 0.408 e. The van der Waals surface area contributed by atoms with Gasteiger partial charge < -0.3 is 15.2 Å². The van der Waals surface area contributed by atoms with Crippen molar-refractivity contribution >= 4 is 12.1 Å². The van der Waals surface area contributed by atoms with Crippen molar-refractivity contribution in [3.05, 3.63) is 0 Å². The number of alkyl carbamates (subject to hydrolysis) is 1. The van der Waals surface area contributed by atoms with Gasteiger partial charge in [0, 0.05) is 0 Å². The Labute approximate surface area is 126 Å². The van der Waals surface area contributed by atoms with Crippen LogP contribution >= 0.6 is 0 Å². The van der Waals surface area contributed by atoms with Crippen LogP contribution in [0.3, 0.4) is 0 Å². The van der Waals surface area contributed by atoms with E-state index in [2.05, 4.69) is 19.2 Å². The third kappa shape index (κ3) is 3.01. The summed E-state index contributed by atoms with van der Waals surface area (Å²) in [6.45, 7) is 11.6. The number of fused-ring (bicyclic) bond motifs is 1. The van der Waals surface area contributed by atoms with Crippen molar-refractivity contribution in [3.63, 3.8) is 0 Å². The summed E-state index contributed by atoms with van der Waals surface area (Å²) in [7, 11) is 0. The van der Waals surface area contributed by atoms with Crippen molar-refractivity contribution in [1.82, 2.24) is 5.32 Å². The highest BCUT2D eigenvalue weighted by Gasteiger charge is 2.65. The van der Waals surface area contributed by atoms with Gasteiger partial charge in [0.1, 0.15) is 5.60 Å². The maximum absolute atomic E-state index is 12.1. The molecule has 0 aliphatic heterocycles. The number of hydrogen-bond donors (Lipinski definition) is 2. The van der Waals surface area contributed by atoms with Gasteiger partial charge >= 0.3 is 12.1 Å². The number of amides is 1. The average molecular weight is 297 g/mol. The molecule has 0 bridgehead atoms. The van der Waals surface area contributed by atoms with Gasteiger partial charge in [-0.2, -0.15) is 0 Å². The van der Waals surface area contributed by atoms with Crippen molar-refractivity contribution in [2.24, 2.45) is 23.2 Å². The molecule has 0 aromatic heterocycles. The van der Waals surface area contributed by atoms with Gasteiger partial charge in [0.25, 0.3) is 0 Å². The molecule has 120 valence electrons. The number of carbonyl (C=O) groups is 2. The fraction of sp³-hybridized carbons (Fsp3) is 0.875. The molecule has 1 amide bonds. The summed E-state index contributed by atoms with van der Waals surface area (Å²) < 4.78 is 5.29. The summed E-state index contributed by atoms with van der Waals surface area (Å²) >= 11 is 0. The quantitative estimate of drug-likeness (QED) is 0.821. The molecule has 0 aromatic rings. The molecule has 0 heterocycles. The molecule has 2 aliphatic carbocycles. The second-order valence-corrected chi connectivity index (χ2v) is 8.41. The van der Waals surface area contributed by atoms with E-state index in [0.717, 1.165) is 0 Å². The van der Waals surface area contributed by atoms with Gasteiger partial charge in [0.05, 0.1) is 11.5 Å². The Balaban J connectivity index is 2.14. The molecule has 0 spiro atoms. The van der Waals surface area contributed by atoms with Crippen molar-refractivity contribution in [2.75, 3.05) is 0 Å². The van der Waals surface area contributed by atoms with E-state index < -0.39 is 29.1 Å². The van der Waals surface area contributed by atoms with Gasteiger partial charge in [-0.25, -0.2) is 4.79 Å². The smallest absolute Gasteiger partial charge is 0.408 e. The zero-order valence-corrected chi connectivity index (χ0v) is 13.8. The van der Waals surface area contributed by atoms with Gasteiger partial charge in [0.15, 0.2) is 0 Å². The maximum atomic E-state index is 12.1. The van der Waals surface area contributed by atoms with Crippen LogP contribution in [0.15, 0.2) is 0 Å². The van der Waals surface area contributed by atoms with Crippen molar-refractivity contribution < 1.29 is 19.4 Å². The Hall–Kier alpha value is -1.26. The largest absolute Gasteiger partial charge is 0.481 e. The molecule has 5 heteroatoms. The first kappa shape index (κ1) is 16.1. The molecule has 4 atom stereocenters. The zero-order chi connectivity index (χ0) is 16.2. The molecule has 2 aliphatic rings. The molecular formula is C16H27NO4. The van der Waals surface area contributed by atoms with Crippen molar-refractivity contribution in [2.45, 2.75) is 65.5 Å². The minimum atomic E-state index is -0.838. The summed E-state index contributed by atoms with van der Waals surface area (Å²) in [5.41, 5.74) is -1.15. The molecule has 0 radical (unpaired) electrons. The third-order valence-corrected chi connectivity index (χ3v) is 5.28. The predicted octanol–water partition coefficient (Wildman–Crippen LogP) is 3.04. The Morgan fingerprint density at radius 1 is 1.19 bits per heavy atom. The number of ether oxygens (including phenoxy) is 1. The monoisotopic (exact) mass is 297 g/mol. The molecule has 2 fully saturated rings. The Morgan fingerprint density at radius 3 is 2.24 bits per heavy atom. The highest BCUT2D eigenvalue weighted by atomic mass is 16.6. The number of aliphatic carboxylic acids is 1. The molecule has 0 saturated heterocycles. The minimum Gasteiger partial charge on any atom is -0.481 e. The summed E-state index contributed by atoms with van der Waals surface area (Å²) in [5, 5.41) is 12.4. The molecule has 21 heavy (non-hydrogen) atoms. The lowest BCUT2D eigenvalue weighted by Gasteiger charge is -2.39. The first-order chi connectivity index (χ1) is 9.37. The van der Waals surface area contributed by atoms with Gasteiger partial charge in [0.2, 0.25) is 0 Å². The fourth-order valence-electron chi connectivity index (χ4n) is 3.89. The van der Waals surface area contributed by atoms with E-state index in [0.29, 0.717) is 24.7 Å². The number of hydrogen-bond acceptors (Lipinski definition) is 3. The van der Waals surface area contributed by atoms with Crippen LogP contribution in [0.5, 0.6) is 0 Å². The summed E-state index contributed by atoms with van der Waals surface area (Å²) in [4.78, 5) is 23.7. The van der Waals surface area contributed by atoms with Gasteiger partial charge in [-0.15, -0.1) is 0 Å². The lowest BCUT2D eigenvalue weighted by atomic mass is 9.74. The number of carbonyl (C=O) groups excluding carboxylic acids is 1. The molecule has 2 rings (SSSR count). The SMILES string of the molecule is CC(C)(C)OC(=O)NC1(C)CC2C(CC1C(=O)O)C2(C)C. The predicted molar refractivity (Wildman–Crippen MR) is 78.9 cm³/mol. The van der Waals surface area contributed by atoms with Crippen molar-refractivity contribution in [1.29, 1.82) is 0 Å². The molecule has 0 aromatic carbocycles. The normalized spacial score (nSPS) is 37.3. The second kappa shape index (κ2) is 4.62. The van der Waals surface area contributed by atoms with Gasteiger partial charge in [-0.05, 0) is 57.8 Å². The number of carboxylic acids is 1. The Morgan fingerprint density at radius 2 is 1.76 bits per heavy atom. The van der Waals surface area contributed by atoms with Crippen LogP contribution in [-0.4, -0.2) is 28.3 Å². The van der Waals surface area contributed by atoms with Crippen LogP contribution in [-0.2, 0) is 9.53 Å². The summed E-state index contributed by atoms with van der Waals surface area (Å²) in [6, 6.07) is 0. The van der Waals surface area contributed by atoms with E-state index in [4.69, 9.17) is 4.74 Å². The van der Waals surface area contributed by atoms with Gasteiger partial charge in [-0.1, -0.05) is 13.8 Å². The van der Waals surface area contributed by atoms with Crippen LogP contribution in [0.1, 0.15) is 54.4 Å². The second-order valence-electron chi connectivity index (χ2n) is 8.41. The van der Waals surface area contributed by atoms with E-state index in [9.17, 15) is 14.7 Å². The van der Waals surface area contributed by atoms with Crippen LogP contribution in [0, 0.1) is 23.2 Å². The van der Waals surface area contributed by atoms with E-state index in [1.165, 1.54) is 0 Å². The molecule has 5 nitrogen and oxygen atoms in total. The third-order valence-electron chi connectivity index (χ3n) is 5.28. The topological polar surface area (TPSA) is 75.6 Å². The number of nitrogens with one attached hydrogen (secondary N) is 1. The fourth-order valence-corrected chi connectivity index (χ4v) is 3.89. The van der Waals surface area contributed by atoms with Crippen LogP contribution < -0.4 is 5.32 Å². The van der Waals surface area contributed by atoms with Crippen LogP contribution in [0.25, 0.3) is 0 Å². The van der Waals surface area contributed by atoms with E-state index >= 15 is 0 Å². The Kier molecular flexibility index (Phi) is 3.54. The molecule has 2 saturated carbocycles. The molecule has 2 N–H and O–H groups in total. The van der Waals surface area contributed by atoms with E-state index in [-0.39, 0.29) is 5.41 Å².